The number of hydrogen-bond acceptors (Lipinski definition) is 4. The Morgan fingerprint density at radius 2 is 1.88 bits per heavy atom. The predicted octanol–water partition coefficient (Wildman–Crippen LogP) is 3.68. The summed E-state index contributed by atoms with van der Waals surface area (Å²) < 4.78 is 3.83. The van der Waals surface area contributed by atoms with Crippen molar-refractivity contribution in [3.63, 3.8) is 0 Å². The highest BCUT2D eigenvalue weighted by Gasteiger charge is 2.07. The number of rotatable bonds is 9. The third-order valence-corrected chi connectivity index (χ3v) is 3.66. The van der Waals surface area contributed by atoms with Crippen LogP contribution in [0.2, 0.25) is 0 Å². The highest BCUT2D eigenvalue weighted by atomic mass is 32.1. The molecular weight excluding hydrogens is 218 g/mol. The van der Waals surface area contributed by atoms with Gasteiger partial charge >= 0.3 is 0 Å². The van der Waals surface area contributed by atoms with Crippen molar-refractivity contribution in [1.82, 2.24) is 9.59 Å². The average Bonchev–Trinajstić information content (AvgIpc) is 2.81. The Morgan fingerprint density at radius 1 is 1.19 bits per heavy atom. The molecule has 0 bridgehead atoms. The summed E-state index contributed by atoms with van der Waals surface area (Å²) in [5, 5.41) is 3.81. The first-order chi connectivity index (χ1) is 7.84. The smallest absolute Gasteiger partial charge is 0.0669 e. The fourth-order valence-electron chi connectivity index (χ4n) is 1.80. The molecule has 1 aromatic rings. The van der Waals surface area contributed by atoms with Crippen LogP contribution in [0.1, 0.15) is 69.2 Å². The summed E-state index contributed by atoms with van der Waals surface area (Å²) in [6.45, 7) is 2.25. The number of nitrogens with zero attached hydrogens (tertiary/aromatic N) is 2. The van der Waals surface area contributed by atoms with Gasteiger partial charge in [-0.2, -0.15) is 0 Å². The van der Waals surface area contributed by atoms with Crippen LogP contribution in [-0.2, 0) is 0 Å². The molecular formula is C12H23N3S. The van der Waals surface area contributed by atoms with Gasteiger partial charge in [-0.25, -0.2) is 0 Å². The van der Waals surface area contributed by atoms with Crippen molar-refractivity contribution in [2.24, 2.45) is 5.73 Å². The van der Waals surface area contributed by atoms with Crippen LogP contribution in [0.4, 0.5) is 0 Å². The van der Waals surface area contributed by atoms with E-state index in [9.17, 15) is 0 Å². The molecule has 4 heteroatoms. The molecule has 1 atom stereocenters. The molecule has 0 saturated heterocycles. The summed E-state index contributed by atoms with van der Waals surface area (Å²) in [6, 6.07) is 0.149. The zero-order chi connectivity index (χ0) is 11.6. The van der Waals surface area contributed by atoms with E-state index in [2.05, 4.69) is 16.5 Å². The molecule has 1 unspecified atom stereocenters. The van der Waals surface area contributed by atoms with Crippen molar-refractivity contribution >= 4 is 11.5 Å². The first kappa shape index (κ1) is 13.6. The van der Waals surface area contributed by atoms with E-state index >= 15 is 0 Å². The van der Waals surface area contributed by atoms with Crippen LogP contribution >= 0.6 is 11.5 Å². The maximum Gasteiger partial charge on any atom is 0.0669 e. The van der Waals surface area contributed by atoms with Crippen molar-refractivity contribution in [1.29, 1.82) is 0 Å². The normalized spacial score (nSPS) is 12.9. The van der Waals surface area contributed by atoms with E-state index in [0.29, 0.717) is 0 Å². The zero-order valence-corrected chi connectivity index (χ0v) is 11.0. The predicted molar refractivity (Wildman–Crippen MR) is 69.4 cm³/mol. The molecule has 1 rings (SSSR count). The van der Waals surface area contributed by atoms with Gasteiger partial charge in [0.05, 0.1) is 11.1 Å². The summed E-state index contributed by atoms with van der Waals surface area (Å²) in [6.07, 6.45) is 12.2. The largest absolute Gasteiger partial charge is 0.323 e. The molecule has 16 heavy (non-hydrogen) atoms. The van der Waals surface area contributed by atoms with Gasteiger partial charge in [-0.05, 0) is 18.0 Å². The first-order valence-electron chi connectivity index (χ1n) is 6.37. The molecule has 0 fully saturated rings. The van der Waals surface area contributed by atoms with Crippen molar-refractivity contribution in [2.75, 3.05) is 0 Å². The van der Waals surface area contributed by atoms with Crippen LogP contribution in [0.3, 0.4) is 0 Å². The van der Waals surface area contributed by atoms with Gasteiger partial charge in [-0.15, -0.1) is 5.10 Å². The van der Waals surface area contributed by atoms with E-state index in [4.69, 9.17) is 5.73 Å². The number of unbranched alkanes of at least 4 members (excludes halogenated alkanes) is 6. The Morgan fingerprint density at radius 3 is 2.50 bits per heavy atom. The van der Waals surface area contributed by atoms with E-state index in [1.165, 1.54) is 56.5 Å². The SMILES string of the molecule is CCCCCCCCCC(N)c1cnns1. The van der Waals surface area contributed by atoms with Crippen LogP contribution in [0.15, 0.2) is 6.20 Å². The van der Waals surface area contributed by atoms with Gasteiger partial charge in [0.15, 0.2) is 0 Å². The average molecular weight is 241 g/mol. The topological polar surface area (TPSA) is 51.8 Å². The lowest BCUT2D eigenvalue weighted by Crippen LogP contribution is -2.08. The summed E-state index contributed by atoms with van der Waals surface area (Å²) in [4.78, 5) is 1.12. The van der Waals surface area contributed by atoms with Gasteiger partial charge in [0.2, 0.25) is 0 Å². The Bertz CT molecular complexity index is 249. The number of nitrogens with two attached hydrogens (primary N) is 1. The Balaban J connectivity index is 1.95. The first-order valence-corrected chi connectivity index (χ1v) is 7.14. The standard InChI is InChI=1S/C12H23N3S/c1-2-3-4-5-6-7-8-9-11(13)12-10-14-15-16-12/h10-11H,2-9,13H2,1H3. The molecule has 0 aliphatic heterocycles. The van der Waals surface area contributed by atoms with E-state index in [1.807, 2.05) is 0 Å². The molecule has 0 radical (unpaired) electrons. The van der Waals surface area contributed by atoms with Gasteiger partial charge < -0.3 is 5.73 Å². The fraction of sp³-hybridized carbons (Fsp3) is 0.833. The number of hydrogen-bond donors (Lipinski definition) is 1. The van der Waals surface area contributed by atoms with E-state index in [-0.39, 0.29) is 6.04 Å². The lowest BCUT2D eigenvalue weighted by atomic mass is 10.1. The molecule has 3 nitrogen and oxygen atoms in total. The molecule has 0 amide bonds. The minimum atomic E-state index is 0.149. The van der Waals surface area contributed by atoms with Gasteiger partial charge in [0.1, 0.15) is 0 Å². The molecule has 0 spiro atoms. The van der Waals surface area contributed by atoms with Crippen LogP contribution in [0, 0.1) is 0 Å². The van der Waals surface area contributed by atoms with Crippen LogP contribution in [0.25, 0.3) is 0 Å². The summed E-state index contributed by atoms with van der Waals surface area (Å²) in [5.74, 6) is 0. The second kappa shape index (κ2) is 8.65. The molecule has 1 aromatic heterocycles. The molecule has 92 valence electrons. The molecule has 0 aliphatic rings. The highest BCUT2D eigenvalue weighted by molar-refractivity contribution is 7.05. The second-order valence-electron chi connectivity index (χ2n) is 4.34. The minimum Gasteiger partial charge on any atom is -0.323 e. The third kappa shape index (κ3) is 5.56. The van der Waals surface area contributed by atoms with Crippen LogP contribution in [-0.4, -0.2) is 9.59 Å². The van der Waals surface area contributed by atoms with Crippen molar-refractivity contribution in [3.05, 3.63) is 11.1 Å². The Hall–Kier alpha value is -0.480. The van der Waals surface area contributed by atoms with Gasteiger partial charge in [-0.1, -0.05) is 56.4 Å². The molecule has 0 saturated carbocycles. The van der Waals surface area contributed by atoms with Gasteiger partial charge in [0, 0.05) is 6.04 Å². The van der Waals surface area contributed by atoms with E-state index in [1.54, 1.807) is 6.20 Å². The maximum absolute atomic E-state index is 6.03. The third-order valence-electron chi connectivity index (χ3n) is 2.86. The second-order valence-corrected chi connectivity index (χ2v) is 5.15. The molecule has 1 heterocycles. The van der Waals surface area contributed by atoms with Gasteiger partial charge in [0.25, 0.3) is 0 Å². The maximum atomic E-state index is 6.03. The molecule has 2 N–H and O–H groups in total. The quantitative estimate of drug-likeness (QED) is 0.671. The minimum absolute atomic E-state index is 0.149. The molecule has 0 aromatic carbocycles. The lowest BCUT2D eigenvalue weighted by molar-refractivity contribution is 0.544. The molecule has 0 aliphatic carbocycles. The Labute approximate surface area is 103 Å². The summed E-state index contributed by atoms with van der Waals surface area (Å²) >= 11 is 1.42. The summed E-state index contributed by atoms with van der Waals surface area (Å²) in [7, 11) is 0. The van der Waals surface area contributed by atoms with E-state index in [0.717, 1.165) is 11.3 Å². The fourth-order valence-corrected chi connectivity index (χ4v) is 2.34. The van der Waals surface area contributed by atoms with Crippen LogP contribution in [0.5, 0.6) is 0 Å². The van der Waals surface area contributed by atoms with Crippen LogP contribution < -0.4 is 5.73 Å². The van der Waals surface area contributed by atoms with Crippen molar-refractivity contribution in [2.45, 2.75) is 64.3 Å². The summed E-state index contributed by atoms with van der Waals surface area (Å²) in [5.41, 5.74) is 6.03. The Kier molecular flexibility index (Phi) is 7.34. The van der Waals surface area contributed by atoms with Crippen molar-refractivity contribution in [3.8, 4) is 0 Å². The van der Waals surface area contributed by atoms with Gasteiger partial charge in [-0.3, -0.25) is 0 Å². The van der Waals surface area contributed by atoms with E-state index < -0.39 is 0 Å². The monoisotopic (exact) mass is 241 g/mol. The lowest BCUT2D eigenvalue weighted by Gasteiger charge is -2.07. The number of aromatic nitrogens is 2. The highest BCUT2D eigenvalue weighted by Crippen LogP contribution is 2.19. The zero-order valence-electron chi connectivity index (χ0n) is 10.2. The van der Waals surface area contributed by atoms with Crippen molar-refractivity contribution < 1.29 is 0 Å².